The lowest BCUT2D eigenvalue weighted by Gasteiger charge is -1.92. The van der Waals surface area contributed by atoms with E-state index in [0.717, 1.165) is 0 Å². The first-order chi connectivity index (χ1) is 3.81. The quantitative estimate of drug-likeness (QED) is 0.289. The van der Waals surface area contributed by atoms with Crippen LogP contribution in [0.4, 0.5) is 0 Å². The van der Waals surface area contributed by atoms with Crippen molar-refractivity contribution in [1.29, 1.82) is 0 Å². The minimum atomic E-state index is -0.737. The van der Waals surface area contributed by atoms with Crippen molar-refractivity contribution in [2.24, 2.45) is 0 Å². The minimum absolute atomic E-state index is 0.0248. The summed E-state index contributed by atoms with van der Waals surface area (Å²) >= 11 is 0. The molecule has 0 aliphatic heterocycles. The van der Waals surface area contributed by atoms with Crippen LogP contribution in [-0.2, 0) is 9.53 Å². The standard InChI is InChI=1S/C5H6O3/c1-2-5(7)8-4-3-6/h1,6H,3-4H2. The van der Waals surface area contributed by atoms with E-state index in [0.29, 0.717) is 0 Å². The second-order valence-electron chi connectivity index (χ2n) is 1.00. The van der Waals surface area contributed by atoms with Gasteiger partial charge in [-0.25, -0.2) is 4.79 Å². The number of terminal acetylenes is 1. The van der Waals surface area contributed by atoms with Gasteiger partial charge in [0.2, 0.25) is 0 Å². The van der Waals surface area contributed by atoms with Crippen LogP contribution in [0, 0.1) is 12.3 Å². The SMILES string of the molecule is C#CC(=O)OCCO. The molecule has 0 fully saturated rings. The predicted octanol–water partition coefficient (Wildman–Crippen LogP) is -0.845. The maximum Gasteiger partial charge on any atom is 0.384 e. The molecular weight excluding hydrogens is 108 g/mol. The fourth-order valence-corrected chi connectivity index (χ4v) is 0.180. The summed E-state index contributed by atoms with van der Waals surface area (Å²) in [6.07, 6.45) is 4.61. The average molecular weight is 114 g/mol. The molecule has 0 aromatic rings. The van der Waals surface area contributed by atoms with E-state index >= 15 is 0 Å². The number of rotatable bonds is 2. The number of ether oxygens (including phenoxy) is 1. The van der Waals surface area contributed by atoms with Crippen LogP contribution >= 0.6 is 0 Å². The predicted molar refractivity (Wildman–Crippen MR) is 26.9 cm³/mol. The molecule has 0 aromatic carbocycles. The Bertz CT molecular complexity index is 111. The molecule has 0 aliphatic rings. The highest BCUT2D eigenvalue weighted by molar-refractivity contribution is 5.87. The van der Waals surface area contributed by atoms with E-state index in [4.69, 9.17) is 5.11 Å². The molecule has 0 aromatic heterocycles. The highest BCUT2D eigenvalue weighted by Crippen LogP contribution is 1.71. The number of aliphatic hydroxyl groups is 1. The lowest BCUT2D eigenvalue weighted by atomic mass is 10.7. The summed E-state index contributed by atoms with van der Waals surface area (Å²) in [5.74, 6) is 0.991. The summed E-state index contributed by atoms with van der Waals surface area (Å²) < 4.78 is 4.22. The Balaban J connectivity index is 3.16. The van der Waals surface area contributed by atoms with Crippen molar-refractivity contribution in [2.45, 2.75) is 0 Å². The van der Waals surface area contributed by atoms with Gasteiger partial charge in [-0.1, -0.05) is 0 Å². The molecule has 0 bridgehead atoms. The molecule has 0 rings (SSSR count). The molecule has 3 heteroatoms. The van der Waals surface area contributed by atoms with E-state index in [2.05, 4.69) is 11.2 Å². The van der Waals surface area contributed by atoms with E-state index in [9.17, 15) is 4.79 Å². The Kier molecular flexibility index (Phi) is 3.63. The molecule has 0 spiro atoms. The minimum Gasteiger partial charge on any atom is -0.454 e. The molecule has 0 atom stereocenters. The van der Waals surface area contributed by atoms with Crippen LogP contribution in [-0.4, -0.2) is 24.3 Å². The highest BCUT2D eigenvalue weighted by Gasteiger charge is 1.91. The summed E-state index contributed by atoms with van der Waals surface area (Å²) in [6, 6.07) is 0. The third kappa shape index (κ3) is 3.19. The topological polar surface area (TPSA) is 46.5 Å². The Morgan fingerprint density at radius 2 is 2.50 bits per heavy atom. The van der Waals surface area contributed by atoms with Gasteiger partial charge in [0, 0.05) is 5.92 Å². The third-order valence-corrected chi connectivity index (χ3v) is 0.442. The van der Waals surface area contributed by atoms with Crippen molar-refractivity contribution in [1.82, 2.24) is 0 Å². The van der Waals surface area contributed by atoms with Gasteiger partial charge in [0.25, 0.3) is 0 Å². The van der Waals surface area contributed by atoms with Gasteiger partial charge in [-0.15, -0.1) is 6.42 Å². The summed E-state index contributed by atoms with van der Waals surface area (Å²) in [5, 5.41) is 8.06. The van der Waals surface area contributed by atoms with Crippen molar-refractivity contribution in [2.75, 3.05) is 13.2 Å². The molecule has 0 heterocycles. The smallest absolute Gasteiger partial charge is 0.384 e. The van der Waals surface area contributed by atoms with Crippen molar-refractivity contribution in [3.05, 3.63) is 0 Å². The van der Waals surface area contributed by atoms with Gasteiger partial charge in [0.15, 0.2) is 0 Å². The van der Waals surface area contributed by atoms with E-state index in [-0.39, 0.29) is 13.2 Å². The van der Waals surface area contributed by atoms with Crippen LogP contribution in [0.1, 0.15) is 0 Å². The van der Waals surface area contributed by atoms with Crippen molar-refractivity contribution < 1.29 is 14.6 Å². The van der Waals surface area contributed by atoms with Gasteiger partial charge in [-0.3, -0.25) is 0 Å². The van der Waals surface area contributed by atoms with Crippen LogP contribution in [0.25, 0.3) is 0 Å². The Morgan fingerprint density at radius 3 is 2.88 bits per heavy atom. The van der Waals surface area contributed by atoms with Crippen molar-refractivity contribution in [3.63, 3.8) is 0 Å². The monoisotopic (exact) mass is 114 g/mol. The number of carbonyl (C=O) groups is 1. The lowest BCUT2D eigenvalue weighted by Crippen LogP contribution is -2.04. The first-order valence-corrected chi connectivity index (χ1v) is 2.05. The molecule has 8 heavy (non-hydrogen) atoms. The van der Waals surface area contributed by atoms with E-state index in [1.54, 1.807) is 5.92 Å². The normalized spacial score (nSPS) is 7.50. The first kappa shape index (κ1) is 6.99. The van der Waals surface area contributed by atoms with Crippen LogP contribution in [0.15, 0.2) is 0 Å². The molecule has 44 valence electrons. The van der Waals surface area contributed by atoms with Gasteiger partial charge in [-0.05, 0) is 0 Å². The molecule has 0 saturated heterocycles. The molecule has 0 saturated carbocycles. The van der Waals surface area contributed by atoms with Crippen molar-refractivity contribution in [3.8, 4) is 12.3 Å². The highest BCUT2D eigenvalue weighted by atomic mass is 16.5. The first-order valence-electron chi connectivity index (χ1n) is 2.05. The number of carbonyl (C=O) groups excluding carboxylic acids is 1. The zero-order valence-corrected chi connectivity index (χ0v) is 4.26. The third-order valence-electron chi connectivity index (χ3n) is 0.442. The summed E-state index contributed by atoms with van der Waals surface area (Å²) in [7, 11) is 0. The number of hydrogen-bond acceptors (Lipinski definition) is 3. The summed E-state index contributed by atoms with van der Waals surface area (Å²) in [6.45, 7) is -0.212. The lowest BCUT2D eigenvalue weighted by molar-refractivity contribution is -0.137. The van der Waals surface area contributed by atoms with Crippen LogP contribution < -0.4 is 0 Å². The van der Waals surface area contributed by atoms with Gasteiger partial charge in [0.05, 0.1) is 6.61 Å². The Morgan fingerprint density at radius 1 is 1.88 bits per heavy atom. The van der Waals surface area contributed by atoms with Gasteiger partial charge in [0.1, 0.15) is 6.61 Å². The second-order valence-corrected chi connectivity index (χ2v) is 1.00. The summed E-state index contributed by atoms with van der Waals surface area (Å²) in [4.78, 5) is 10.0. The van der Waals surface area contributed by atoms with Crippen LogP contribution in [0.2, 0.25) is 0 Å². The van der Waals surface area contributed by atoms with Crippen molar-refractivity contribution >= 4 is 5.97 Å². The second kappa shape index (κ2) is 4.16. The average Bonchev–Trinajstić information content (AvgIpc) is 1.83. The van der Waals surface area contributed by atoms with Gasteiger partial charge >= 0.3 is 5.97 Å². The van der Waals surface area contributed by atoms with E-state index in [1.807, 2.05) is 0 Å². The zero-order chi connectivity index (χ0) is 6.41. The number of hydrogen-bond donors (Lipinski definition) is 1. The number of aliphatic hydroxyl groups excluding tert-OH is 1. The molecule has 0 radical (unpaired) electrons. The molecule has 0 aliphatic carbocycles. The molecular formula is C5H6O3. The molecule has 1 N–H and O–H groups in total. The van der Waals surface area contributed by atoms with E-state index in [1.165, 1.54) is 0 Å². The maximum absolute atomic E-state index is 10.0. The summed E-state index contributed by atoms with van der Waals surface area (Å²) in [5.41, 5.74) is 0. The Hall–Kier alpha value is -1.01. The molecule has 0 unspecified atom stereocenters. The van der Waals surface area contributed by atoms with Crippen LogP contribution in [0.5, 0.6) is 0 Å². The van der Waals surface area contributed by atoms with Crippen LogP contribution in [0.3, 0.4) is 0 Å². The maximum atomic E-state index is 10.0. The fourth-order valence-electron chi connectivity index (χ4n) is 0.180. The zero-order valence-electron chi connectivity index (χ0n) is 4.26. The Labute approximate surface area is 47.3 Å². The largest absolute Gasteiger partial charge is 0.454 e. The number of esters is 1. The van der Waals surface area contributed by atoms with E-state index < -0.39 is 5.97 Å². The van der Waals surface area contributed by atoms with Gasteiger partial charge in [-0.2, -0.15) is 0 Å². The molecule has 0 amide bonds. The fraction of sp³-hybridized carbons (Fsp3) is 0.400. The molecule has 3 nitrogen and oxygen atoms in total. The van der Waals surface area contributed by atoms with Gasteiger partial charge < -0.3 is 9.84 Å².